The van der Waals surface area contributed by atoms with Crippen LogP contribution in [0, 0.1) is 5.82 Å². The summed E-state index contributed by atoms with van der Waals surface area (Å²) in [5.74, 6) is 0.00370. The fraction of sp³-hybridized carbons (Fsp3) is 0.538. The molecule has 0 saturated carbocycles. The molecule has 94 valence electrons. The summed E-state index contributed by atoms with van der Waals surface area (Å²) in [6, 6.07) is 5.74. The molecular weight excluding hydrogens is 219 g/mol. The fourth-order valence-electron chi connectivity index (χ4n) is 2.51. The molecule has 1 aromatic carbocycles. The van der Waals surface area contributed by atoms with Crippen molar-refractivity contribution >= 4 is 0 Å². The van der Waals surface area contributed by atoms with E-state index in [1.807, 2.05) is 6.07 Å². The zero-order valence-corrected chi connectivity index (χ0v) is 10.5. The zero-order chi connectivity index (χ0) is 12.4. The number of benzene rings is 1. The topological polar surface area (TPSA) is 24.5 Å². The third-order valence-electron chi connectivity index (χ3n) is 3.40. The molecule has 1 N–H and O–H groups in total. The van der Waals surface area contributed by atoms with Crippen molar-refractivity contribution in [3.05, 3.63) is 29.6 Å². The van der Waals surface area contributed by atoms with Crippen LogP contribution >= 0.6 is 0 Å². The lowest BCUT2D eigenvalue weighted by molar-refractivity contribution is 0.159. The van der Waals surface area contributed by atoms with Crippen LogP contribution in [0.25, 0.3) is 0 Å². The van der Waals surface area contributed by atoms with Crippen molar-refractivity contribution in [3.8, 4) is 5.75 Å². The van der Waals surface area contributed by atoms with Gasteiger partial charge in [0.25, 0.3) is 0 Å². The van der Waals surface area contributed by atoms with Crippen molar-refractivity contribution in [2.75, 3.05) is 27.2 Å². The standard InChI is InChI=1S/C13H19FN2O/c1-9-13(16(2)7-6-15-9)10-4-5-12(17-3)11(14)8-10/h4-5,8-9,13,15H,6-7H2,1-3H3. The average Bonchev–Trinajstić information content (AvgIpc) is 2.29. The van der Waals surface area contributed by atoms with Crippen LogP contribution < -0.4 is 10.1 Å². The molecule has 0 aromatic heterocycles. The highest BCUT2D eigenvalue weighted by molar-refractivity contribution is 5.32. The SMILES string of the molecule is COc1ccc(C2C(C)NCCN2C)cc1F. The Morgan fingerprint density at radius 2 is 2.24 bits per heavy atom. The minimum absolute atomic E-state index is 0.212. The second-order valence-electron chi connectivity index (χ2n) is 4.56. The first-order chi connectivity index (χ1) is 8.13. The Kier molecular flexibility index (Phi) is 3.64. The van der Waals surface area contributed by atoms with Crippen LogP contribution in [0.5, 0.6) is 5.75 Å². The molecule has 3 nitrogen and oxygen atoms in total. The maximum atomic E-state index is 13.7. The van der Waals surface area contributed by atoms with Gasteiger partial charge in [-0.1, -0.05) is 6.07 Å². The summed E-state index contributed by atoms with van der Waals surface area (Å²) >= 11 is 0. The second kappa shape index (κ2) is 5.02. The van der Waals surface area contributed by atoms with Crippen LogP contribution in [0.15, 0.2) is 18.2 Å². The Morgan fingerprint density at radius 1 is 1.47 bits per heavy atom. The monoisotopic (exact) mass is 238 g/mol. The van der Waals surface area contributed by atoms with E-state index in [1.54, 1.807) is 12.1 Å². The van der Waals surface area contributed by atoms with E-state index in [2.05, 4.69) is 24.2 Å². The minimum atomic E-state index is -0.295. The Bertz CT molecular complexity index is 387. The van der Waals surface area contributed by atoms with Gasteiger partial charge in [0.2, 0.25) is 0 Å². The van der Waals surface area contributed by atoms with Gasteiger partial charge >= 0.3 is 0 Å². The molecule has 17 heavy (non-hydrogen) atoms. The summed E-state index contributed by atoms with van der Waals surface area (Å²) < 4.78 is 18.6. The fourth-order valence-corrected chi connectivity index (χ4v) is 2.51. The summed E-state index contributed by atoms with van der Waals surface area (Å²) in [6.07, 6.45) is 0. The predicted molar refractivity (Wildman–Crippen MR) is 65.8 cm³/mol. The van der Waals surface area contributed by atoms with E-state index in [1.165, 1.54) is 7.11 Å². The number of rotatable bonds is 2. The van der Waals surface area contributed by atoms with E-state index in [0.29, 0.717) is 11.8 Å². The first-order valence-corrected chi connectivity index (χ1v) is 5.90. The van der Waals surface area contributed by atoms with Gasteiger partial charge in [0.1, 0.15) is 0 Å². The van der Waals surface area contributed by atoms with Gasteiger partial charge in [-0.2, -0.15) is 0 Å². The highest BCUT2D eigenvalue weighted by Gasteiger charge is 2.27. The van der Waals surface area contributed by atoms with Crippen molar-refractivity contribution in [1.82, 2.24) is 10.2 Å². The Morgan fingerprint density at radius 3 is 2.82 bits per heavy atom. The summed E-state index contributed by atoms with van der Waals surface area (Å²) in [5, 5.41) is 3.41. The second-order valence-corrected chi connectivity index (χ2v) is 4.56. The molecule has 0 aliphatic carbocycles. The lowest BCUT2D eigenvalue weighted by Gasteiger charge is -2.38. The molecule has 1 heterocycles. The van der Waals surface area contributed by atoms with Crippen LogP contribution in [0.4, 0.5) is 4.39 Å². The largest absolute Gasteiger partial charge is 0.494 e. The van der Waals surface area contributed by atoms with Crippen molar-refractivity contribution < 1.29 is 9.13 Å². The first kappa shape index (κ1) is 12.3. The molecule has 4 heteroatoms. The lowest BCUT2D eigenvalue weighted by Crippen LogP contribution is -2.49. The zero-order valence-electron chi connectivity index (χ0n) is 10.5. The number of hydrogen-bond acceptors (Lipinski definition) is 3. The quantitative estimate of drug-likeness (QED) is 0.850. The molecule has 0 bridgehead atoms. The van der Waals surface area contributed by atoms with Gasteiger partial charge in [0.05, 0.1) is 7.11 Å². The van der Waals surface area contributed by atoms with E-state index in [-0.39, 0.29) is 11.9 Å². The smallest absolute Gasteiger partial charge is 0.165 e. The minimum Gasteiger partial charge on any atom is -0.494 e. The van der Waals surface area contributed by atoms with Crippen molar-refractivity contribution in [2.45, 2.75) is 19.0 Å². The molecule has 1 saturated heterocycles. The Balaban J connectivity index is 2.29. The maximum Gasteiger partial charge on any atom is 0.165 e. The number of nitrogens with zero attached hydrogens (tertiary/aromatic N) is 1. The van der Waals surface area contributed by atoms with Crippen LogP contribution in [0.2, 0.25) is 0 Å². The third kappa shape index (κ3) is 2.42. The summed E-state index contributed by atoms with van der Waals surface area (Å²) in [5.41, 5.74) is 0.991. The molecule has 2 rings (SSSR count). The van der Waals surface area contributed by atoms with Crippen molar-refractivity contribution in [3.63, 3.8) is 0 Å². The highest BCUT2D eigenvalue weighted by atomic mass is 19.1. The Labute approximate surface area is 102 Å². The van der Waals surface area contributed by atoms with Gasteiger partial charge in [-0.25, -0.2) is 4.39 Å². The normalized spacial score (nSPS) is 25.9. The van der Waals surface area contributed by atoms with Gasteiger partial charge in [-0.05, 0) is 31.7 Å². The Hall–Kier alpha value is -1.13. The number of nitrogens with one attached hydrogen (secondary N) is 1. The van der Waals surface area contributed by atoms with Gasteiger partial charge in [0, 0.05) is 25.2 Å². The molecule has 1 fully saturated rings. The van der Waals surface area contributed by atoms with E-state index < -0.39 is 0 Å². The van der Waals surface area contributed by atoms with E-state index in [0.717, 1.165) is 18.7 Å². The number of ether oxygens (including phenoxy) is 1. The van der Waals surface area contributed by atoms with Crippen LogP contribution in [-0.4, -0.2) is 38.2 Å². The van der Waals surface area contributed by atoms with E-state index in [4.69, 9.17) is 4.74 Å². The van der Waals surface area contributed by atoms with Gasteiger partial charge in [-0.15, -0.1) is 0 Å². The molecule has 0 spiro atoms. The molecule has 0 amide bonds. The van der Waals surface area contributed by atoms with Gasteiger partial charge in [-0.3, -0.25) is 4.90 Å². The number of likely N-dealkylation sites (N-methyl/N-ethyl adjacent to an activating group) is 1. The van der Waals surface area contributed by atoms with E-state index in [9.17, 15) is 4.39 Å². The summed E-state index contributed by atoms with van der Waals surface area (Å²) in [4.78, 5) is 2.25. The summed E-state index contributed by atoms with van der Waals surface area (Å²) in [7, 11) is 3.55. The first-order valence-electron chi connectivity index (χ1n) is 5.90. The van der Waals surface area contributed by atoms with Crippen LogP contribution in [0.3, 0.4) is 0 Å². The lowest BCUT2D eigenvalue weighted by atomic mass is 9.97. The molecule has 2 atom stereocenters. The van der Waals surface area contributed by atoms with Crippen LogP contribution in [0.1, 0.15) is 18.5 Å². The highest BCUT2D eigenvalue weighted by Crippen LogP contribution is 2.28. The van der Waals surface area contributed by atoms with Crippen molar-refractivity contribution in [1.29, 1.82) is 0 Å². The molecule has 1 aliphatic rings. The molecule has 0 radical (unpaired) electrons. The average molecular weight is 238 g/mol. The third-order valence-corrected chi connectivity index (χ3v) is 3.40. The van der Waals surface area contributed by atoms with Crippen LogP contribution in [-0.2, 0) is 0 Å². The maximum absolute atomic E-state index is 13.7. The van der Waals surface area contributed by atoms with Crippen molar-refractivity contribution in [2.24, 2.45) is 0 Å². The molecular formula is C13H19FN2O. The molecule has 1 aliphatic heterocycles. The summed E-state index contributed by atoms with van der Waals surface area (Å²) in [6.45, 7) is 4.08. The van der Waals surface area contributed by atoms with Gasteiger partial charge in [0.15, 0.2) is 11.6 Å². The van der Waals surface area contributed by atoms with Gasteiger partial charge < -0.3 is 10.1 Å². The number of piperazine rings is 1. The molecule has 1 aromatic rings. The predicted octanol–water partition coefficient (Wildman–Crippen LogP) is 1.80. The number of hydrogen-bond donors (Lipinski definition) is 1. The number of methoxy groups -OCH3 is 1. The van der Waals surface area contributed by atoms with E-state index >= 15 is 0 Å². The molecule has 2 unspecified atom stereocenters. The number of halogens is 1.